The zero-order valence-electron chi connectivity index (χ0n) is 10.1. The number of hydrogen-bond donors (Lipinski definition) is 1. The summed E-state index contributed by atoms with van der Waals surface area (Å²) in [4.78, 5) is 0. The van der Waals surface area contributed by atoms with Crippen molar-refractivity contribution in [1.29, 1.82) is 0 Å². The lowest BCUT2D eigenvalue weighted by atomic mass is 10.1. The summed E-state index contributed by atoms with van der Waals surface area (Å²) in [5.41, 5.74) is 1.59. The van der Waals surface area contributed by atoms with Crippen LogP contribution in [-0.2, 0) is 6.61 Å². The second kappa shape index (κ2) is 5.32. The highest BCUT2D eigenvalue weighted by Crippen LogP contribution is 2.36. The molecule has 0 spiro atoms. The molecule has 0 aliphatic heterocycles. The van der Waals surface area contributed by atoms with Crippen LogP contribution in [0.25, 0.3) is 22.8 Å². The molecule has 20 heavy (non-hydrogen) atoms. The Balaban J connectivity index is 2.15. The zero-order valence-corrected chi connectivity index (χ0v) is 11.6. The third-order valence-electron chi connectivity index (χ3n) is 2.88. The zero-order chi connectivity index (χ0) is 14.1. The number of furan rings is 1. The minimum atomic E-state index is -0.242. The maximum absolute atomic E-state index is 9.58. The average Bonchev–Trinajstić information content (AvgIpc) is 3.06. The molecule has 0 atom stereocenters. The highest BCUT2D eigenvalue weighted by molar-refractivity contribution is 6.36. The van der Waals surface area contributed by atoms with E-state index in [2.05, 4.69) is 5.16 Å². The first-order valence-corrected chi connectivity index (χ1v) is 6.55. The van der Waals surface area contributed by atoms with Crippen molar-refractivity contribution in [1.82, 2.24) is 5.16 Å². The summed E-state index contributed by atoms with van der Waals surface area (Å²) in [6.07, 6.45) is 1.53. The van der Waals surface area contributed by atoms with Gasteiger partial charge < -0.3 is 14.0 Å². The number of aromatic nitrogens is 1. The van der Waals surface area contributed by atoms with E-state index in [0.29, 0.717) is 38.4 Å². The highest BCUT2D eigenvalue weighted by Gasteiger charge is 2.21. The fourth-order valence-electron chi connectivity index (χ4n) is 1.95. The minimum absolute atomic E-state index is 0.242. The first-order chi connectivity index (χ1) is 9.70. The van der Waals surface area contributed by atoms with E-state index in [9.17, 15) is 5.11 Å². The molecule has 0 unspecified atom stereocenters. The molecule has 0 fully saturated rings. The van der Waals surface area contributed by atoms with Crippen molar-refractivity contribution in [2.24, 2.45) is 0 Å². The predicted molar refractivity (Wildman–Crippen MR) is 75.6 cm³/mol. The van der Waals surface area contributed by atoms with E-state index >= 15 is 0 Å². The van der Waals surface area contributed by atoms with Crippen molar-refractivity contribution in [3.63, 3.8) is 0 Å². The van der Waals surface area contributed by atoms with Gasteiger partial charge in [0.15, 0.2) is 17.2 Å². The van der Waals surface area contributed by atoms with Crippen LogP contribution in [0.1, 0.15) is 5.56 Å². The largest absolute Gasteiger partial charge is 0.463 e. The van der Waals surface area contributed by atoms with Crippen molar-refractivity contribution < 1.29 is 14.0 Å². The van der Waals surface area contributed by atoms with Crippen LogP contribution in [0.4, 0.5) is 0 Å². The number of nitrogens with zero attached hydrogens (tertiary/aromatic N) is 1. The lowest BCUT2D eigenvalue weighted by Gasteiger charge is -2.03. The van der Waals surface area contributed by atoms with Crippen LogP contribution in [0.2, 0.25) is 10.0 Å². The van der Waals surface area contributed by atoms with Gasteiger partial charge in [-0.15, -0.1) is 0 Å². The van der Waals surface area contributed by atoms with Gasteiger partial charge in [0, 0.05) is 10.6 Å². The molecule has 3 aromatic rings. The first kappa shape index (κ1) is 13.2. The van der Waals surface area contributed by atoms with Crippen LogP contribution in [-0.4, -0.2) is 10.3 Å². The number of rotatable bonds is 3. The van der Waals surface area contributed by atoms with E-state index in [0.717, 1.165) is 0 Å². The molecule has 2 heterocycles. The first-order valence-electron chi connectivity index (χ1n) is 5.79. The minimum Gasteiger partial charge on any atom is -0.463 e. The van der Waals surface area contributed by atoms with Crippen LogP contribution < -0.4 is 0 Å². The fourth-order valence-corrected chi connectivity index (χ4v) is 2.44. The van der Waals surface area contributed by atoms with E-state index < -0.39 is 0 Å². The number of hydrogen-bond acceptors (Lipinski definition) is 4. The van der Waals surface area contributed by atoms with E-state index in [1.807, 2.05) is 0 Å². The molecule has 1 N–H and O–H groups in total. The lowest BCUT2D eigenvalue weighted by molar-refractivity contribution is 0.281. The van der Waals surface area contributed by atoms with E-state index in [4.69, 9.17) is 32.1 Å². The van der Waals surface area contributed by atoms with Gasteiger partial charge >= 0.3 is 0 Å². The Morgan fingerprint density at radius 1 is 1.20 bits per heavy atom. The SMILES string of the molecule is OCc1c(-c2ccco2)noc1-c1ccc(Cl)cc1Cl. The van der Waals surface area contributed by atoms with Gasteiger partial charge in [-0.1, -0.05) is 28.4 Å². The summed E-state index contributed by atoms with van der Waals surface area (Å²) in [6, 6.07) is 8.49. The summed E-state index contributed by atoms with van der Waals surface area (Å²) >= 11 is 12.0. The highest BCUT2D eigenvalue weighted by atomic mass is 35.5. The number of halogens is 2. The van der Waals surface area contributed by atoms with Gasteiger partial charge in [0.05, 0.1) is 23.5 Å². The molecule has 2 aromatic heterocycles. The molecule has 6 heteroatoms. The molecule has 102 valence electrons. The molecular formula is C14H9Cl2NO3. The molecule has 0 saturated carbocycles. The molecule has 0 aliphatic carbocycles. The normalized spacial score (nSPS) is 10.9. The second-order valence-electron chi connectivity index (χ2n) is 4.10. The topological polar surface area (TPSA) is 59.4 Å². The smallest absolute Gasteiger partial charge is 0.174 e. The summed E-state index contributed by atoms with van der Waals surface area (Å²) in [5.74, 6) is 0.926. The quantitative estimate of drug-likeness (QED) is 0.779. The standard InChI is InChI=1S/C14H9Cl2NO3/c15-8-3-4-9(11(16)6-8)14-10(7-18)13(17-20-14)12-2-1-5-19-12/h1-6,18H,7H2. The van der Waals surface area contributed by atoms with Gasteiger partial charge in [-0.05, 0) is 30.3 Å². The Kier molecular flexibility index (Phi) is 3.53. The Morgan fingerprint density at radius 3 is 2.70 bits per heavy atom. The molecule has 1 aromatic carbocycles. The molecule has 0 radical (unpaired) electrons. The Bertz CT molecular complexity index is 735. The monoisotopic (exact) mass is 309 g/mol. The Hall–Kier alpha value is -1.75. The van der Waals surface area contributed by atoms with Crippen molar-refractivity contribution in [2.75, 3.05) is 0 Å². The summed E-state index contributed by atoms with van der Waals surface area (Å²) < 4.78 is 10.6. The lowest BCUT2D eigenvalue weighted by Crippen LogP contribution is -1.88. The Morgan fingerprint density at radius 2 is 2.05 bits per heavy atom. The van der Waals surface area contributed by atoms with E-state index in [1.165, 1.54) is 6.26 Å². The third-order valence-corrected chi connectivity index (χ3v) is 3.42. The molecule has 0 bridgehead atoms. The van der Waals surface area contributed by atoms with E-state index in [1.54, 1.807) is 30.3 Å². The second-order valence-corrected chi connectivity index (χ2v) is 4.94. The summed E-state index contributed by atoms with van der Waals surface area (Å²) in [7, 11) is 0. The van der Waals surface area contributed by atoms with Gasteiger partial charge in [0.1, 0.15) is 0 Å². The van der Waals surface area contributed by atoms with Crippen molar-refractivity contribution in [3.8, 4) is 22.8 Å². The van der Waals surface area contributed by atoms with Gasteiger partial charge in [-0.25, -0.2) is 0 Å². The summed E-state index contributed by atoms with van der Waals surface area (Å²) in [6.45, 7) is -0.242. The number of aliphatic hydroxyl groups is 1. The molecule has 0 aliphatic rings. The molecule has 0 saturated heterocycles. The Labute approximate surface area is 124 Å². The van der Waals surface area contributed by atoms with Gasteiger partial charge in [-0.3, -0.25) is 0 Å². The van der Waals surface area contributed by atoms with Crippen molar-refractivity contribution in [3.05, 3.63) is 52.2 Å². The van der Waals surface area contributed by atoms with Gasteiger partial charge in [0.2, 0.25) is 0 Å². The maximum Gasteiger partial charge on any atom is 0.174 e. The van der Waals surface area contributed by atoms with Crippen LogP contribution >= 0.6 is 23.2 Å². The fraction of sp³-hybridized carbons (Fsp3) is 0.0714. The number of benzene rings is 1. The van der Waals surface area contributed by atoms with Crippen LogP contribution in [0.15, 0.2) is 45.5 Å². The van der Waals surface area contributed by atoms with Gasteiger partial charge in [-0.2, -0.15) is 0 Å². The summed E-state index contributed by atoms with van der Waals surface area (Å²) in [5, 5.41) is 14.5. The average molecular weight is 310 g/mol. The van der Waals surface area contributed by atoms with Crippen LogP contribution in [0.3, 0.4) is 0 Å². The predicted octanol–water partition coefficient (Wildman–Crippen LogP) is 4.40. The maximum atomic E-state index is 9.58. The molecule has 3 rings (SSSR count). The van der Waals surface area contributed by atoms with Gasteiger partial charge in [0.25, 0.3) is 0 Å². The third kappa shape index (κ3) is 2.22. The van der Waals surface area contributed by atoms with Crippen LogP contribution in [0, 0.1) is 0 Å². The number of aliphatic hydroxyl groups excluding tert-OH is 1. The molecular weight excluding hydrogens is 301 g/mol. The van der Waals surface area contributed by atoms with Crippen LogP contribution in [0.5, 0.6) is 0 Å². The molecule has 4 nitrogen and oxygen atoms in total. The van der Waals surface area contributed by atoms with Crippen molar-refractivity contribution >= 4 is 23.2 Å². The van der Waals surface area contributed by atoms with Crippen molar-refractivity contribution in [2.45, 2.75) is 6.61 Å². The molecule has 0 amide bonds. The van der Waals surface area contributed by atoms with E-state index in [-0.39, 0.29) is 6.61 Å².